The van der Waals surface area contributed by atoms with Gasteiger partial charge in [-0.15, -0.1) is 0 Å². The highest BCUT2D eigenvalue weighted by Gasteiger charge is 2.80. The molecule has 1 spiro atoms. The van der Waals surface area contributed by atoms with E-state index < -0.39 is 0 Å². The van der Waals surface area contributed by atoms with E-state index in [4.69, 9.17) is 4.74 Å². The smallest absolute Gasteiger partial charge is 0.180 e. The zero-order chi connectivity index (χ0) is 16.0. The zero-order valence-electron chi connectivity index (χ0n) is 13.5. The minimum atomic E-state index is -0.236. The van der Waals surface area contributed by atoms with E-state index in [9.17, 15) is 10.1 Å². The minimum absolute atomic E-state index is 0.0199. The van der Waals surface area contributed by atoms with E-state index in [0.29, 0.717) is 5.92 Å². The van der Waals surface area contributed by atoms with Gasteiger partial charge in [-0.1, -0.05) is 19.4 Å². The zero-order valence-corrected chi connectivity index (χ0v) is 13.5. The Labute approximate surface area is 136 Å². The Balaban J connectivity index is 1.80. The average Bonchev–Trinajstić information content (AvgIpc) is 2.97. The molecular weight excluding hydrogens is 288 g/mol. The lowest BCUT2D eigenvalue weighted by molar-refractivity contribution is -0.104. The Morgan fingerprint density at radius 3 is 3.00 bits per heavy atom. The summed E-state index contributed by atoms with van der Waals surface area (Å²) in [7, 11) is 1.63. The number of nitriles is 1. The number of ketones is 1. The van der Waals surface area contributed by atoms with Crippen molar-refractivity contribution in [1.29, 1.82) is 5.26 Å². The summed E-state index contributed by atoms with van der Waals surface area (Å²) < 4.78 is 5.32. The number of carbonyl (C=O) groups is 1. The lowest BCUT2D eigenvalue weighted by atomic mass is 9.51. The van der Waals surface area contributed by atoms with Crippen LogP contribution in [0.3, 0.4) is 0 Å². The van der Waals surface area contributed by atoms with Gasteiger partial charge < -0.3 is 4.74 Å². The Kier molecular flexibility index (Phi) is 2.34. The molecule has 1 aromatic carbocycles. The van der Waals surface area contributed by atoms with Gasteiger partial charge in [0.25, 0.3) is 0 Å². The molecule has 6 aliphatic rings. The summed E-state index contributed by atoms with van der Waals surface area (Å²) in [4.78, 5) is 15.4. The number of benzene rings is 1. The van der Waals surface area contributed by atoms with Crippen molar-refractivity contribution >= 4 is 5.78 Å². The molecule has 0 radical (unpaired) electrons. The molecule has 3 saturated heterocycles. The van der Waals surface area contributed by atoms with Crippen molar-refractivity contribution in [2.45, 2.75) is 37.8 Å². The lowest BCUT2D eigenvalue weighted by Crippen LogP contribution is -2.74. The van der Waals surface area contributed by atoms with Gasteiger partial charge >= 0.3 is 0 Å². The van der Waals surface area contributed by atoms with Gasteiger partial charge in [-0.3, -0.25) is 9.69 Å². The maximum absolute atomic E-state index is 13.1. The molecule has 118 valence electrons. The average molecular weight is 308 g/mol. The second kappa shape index (κ2) is 3.96. The number of carbonyl (C=O) groups excluding carboxylic acids is 1. The van der Waals surface area contributed by atoms with E-state index in [1.54, 1.807) is 7.11 Å². The normalized spacial score (nSPS) is 45.5. The molecule has 4 heterocycles. The van der Waals surface area contributed by atoms with Crippen molar-refractivity contribution in [3.05, 3.63) is 29.3 Å². The second-order valence-electron chi connectivity index (χ2n) is 7.88. The van der Waals surface area contributed by atoms with Crippen LogP contribution in [-0.4, -0.2) is 30.4 Å². The van der Waals surface area contributed by atoms with E-state index >= 15 is 0 Å². The Morgan fingerprint density at radius 1 is 1.43 bits per heavy atom. The molecule has 7 rings (SSSR count). The van der Waals surface area contributed by atoms with Crippen LogP contribution in [0.5, 0.6) is 5.75 Å². The quantitative estimate of drug-likeness (QED) is 0.800. The Morgan fingerprint density at radius 2 is 2.26 bits per heavy atom. The fraction of sp³-hybridized carbons (Fsp3) is 0.579. The molecule has 1 saturated carbocycles. The van der Waals surface area contributed by atoms with E-state index in [1.807, 2.05) is 18.2 Å². The standard InChI is InChI=1S/C19H20N2O2/c1-18-7-3-4-11(9-20)19-14-6-5-12(23-2)8-13(14)16(22)15(17(18)19)21(19)10-18/h5-6,8,11,15,17H,3-4,7,10H2,1-2H3/t11-,15-,17-,18-,19-/m0/s1. The summed E-state index contributed by atoms with van der Waals surface area (Å²) in [6.45, 7) is 3.28. The number of hydrogen-bond donors (Lipinski definition) is 0. The molecule has 4 fully saturated rings. The van der Waals surface area contributed by atoms with Crippen molar-refractivity contribution in [1.82, 2.24) is 4.90 Å². The number of nitrogens with zero attached hydrogens (tertiary/aromatic N) is 2. The van der Waals surface area contributed by atoms with Gasteiger partial charge in [0.15, 0.2) is 5.78 Å². The van der Waals surface area contributed by atoms with Crippen LogP contribution in [0.2, 0.25) is 0 Å². The largest absolute Gasteiger partial charge is 0.497 e. The third-order valence-electron chi connectivity index (χ3n) is 7.00. The van der Waals surface area contributed by atoms with Gasteiger partial charge in [0.1, 0.15) is 5.75 Å². The molecule has 0 amide bonds. The number of rotatable bonds is 1. The highest BCUT2D eigenvalue weighted by Crippen LogP contribution is 2.73. The van der Waals surface area contributed by atoms with Gasteiger partial charge in [-0.25, -0.2) is 0 Å². The molecule has 4 nitrogen and oxygen atoms in total. The SMILES string of the molecule is COc1ccc2c(c1)C(=O)[C@H]1[C@H]3[C@@]4(C)CCC[C@@H](C#N)[C@]23N1C4. The van der Waals surface area contributed by atoms with Crippen molar-refractivity contribution in [2.24, 2.45) is 17.3 Å². The number of Topliss-reactive ketones (excluding diaryl/α,β-unsaturated/α-hetero) is 1. The highest BCUT2D eigenvalue weighted by atomic mass is 16.5. The maximum atomic E-state index is 13.1. The van der Waals surface area contributed by atoms with Crippen LogP contribution in [0.1, 0.15) is 42.1 Å². The summed E-state index contributed by atoms with van der Waals surface area (Å²) in [5.41, 5.74) is 1.80. The van der Waals surface area contributed by atoms with E-state index in [1.165, 1.54) is 0 Å². The third-order valence-corrected chi connectivity index (χ3v) is 7.00. The molecule has 0 N–H and O–H groups in total. The maximum Gasteiger partial charge on any atom is 0.180 e. The van der Waals surface area contributed by atoms with Gasteiger partial charge in [-0.05, 0) is 36.0 Å². The van der Waals surface area contributed by atoms with Crippen LogP contribution in [0.15, 0.2) is 18.2 Å². The van der Waals surface area contributed by atoms with Crippen molar-refractivity contribution in [3.8, 4) is 11.8 Å². The van der Waals surface area contributed by atoms with Gasteiger partial charge in [-0.2, -0.15) is 5.26 Å². The van der Waals surface area contributed by atoms with E-state index in [0.717, 1.165) is 42.7 Å². The fourth-order valence-corrected chi connectivity index (χ4v) is 6.29. The topological polar surface area (TPSA) is 53.3 Å². The first-order chi connectivity index (χ1) is 11.1. The fourth-order valence-electron chi connectivity index (χ4n) is 6.29. The number of hydrogen-bond acceptors (Lipinski definition) is 4. The molecule has 4 heteroatoms. The first kappa shape index (κ1) is 13.6. The lowest BCUT2D eigenvalue weighted by Gasteiger charge is -2.63. The monoisotopic (exact) mass is 308 g/mol. The van der Waals surface area contributed by atoms with Crippen molar-refractivity contribution in [3.63, 3.8) is 0 Å². The van der Waals surface area contributed by atoms with Gasteiger partial charge in [0, 0.05) is 18.0 Å². The summed E-state index contributed by atoms with van der Waals surface area (Å²) in [6.07, 6.45) is 3.15. The van der Waals surface area contributed by atoms with Crippen molar-refractivity contribution < 1.29 is 9.53 Å². The number of ether oxygens (including phenoxy) is 1. The summed E-state index contributed by atoms with van der Waals surface area (Å²) in [5, 5.41) is 9.87. The molecule has 2 aliphatic carbocycles. The molecule has 23 heavy (non-hydrogen) atoms. The van der Waals surface area contributed by atoms with E-state index in [2.05, 4.69) is 17.9 Å². The highest BCUT2D eigenvalue weighted by molar-refractivity contribution is 6.06. The molecular formula is C19H20N2O2. The van der Waals surface area contributed by atoms with Crippen LogP contribution in [0, 0.1) is 28.6 Å². The first-order valence-corrected chi connectivity index (χ1v) is 8.47. The summed E-state index contributed by atoms with van der Waals surface area (Å²) in [6, 6.07) is 8.44. The summed E-state index contributed by atoms with van der Waals surface area (Å²) in [5.74, 6) is 1.24. The molecule has 1 aromatic rings. The second-order valence-corrected chi connectivity index (χ2v) is 7.88. The van der Waals surface area contributed by atoms with Crippen molar-refractivity contribution in [2.75, 3.05) is 13.7 Å². The molecule has 5 bridgehead atoms. The first-order valence-electron chi connectivity index (χ1n) is 8.47. The van der Waals surface area contributed by atoms with Gasteiger partial charge in [0.05, 0.1) is 30.7 Å². The van der Waals surface area contributed by atoms with Crippen LogP contribution < -0.4 is 4.74 Å². The van der Waals surface area contributed by atoms with Gasteiger partial charge in [0.2, 0.25) is 0 Å². The van der Waals surface area contributed by atoms with Crippen LogP contribution in [0.25, 0.3) is 0 Å². The molecule has 0 aromatic heterocycles. The molecule has 1 unspecified atom stereocenters. The van der Waals surface area contributed by atoms with Crippen LogP contribution in [-0.2, 0) is 5.54 Å². The van der Waals surface area contributed by atoms with Crippen LogP contribution in [0.4, 0.5) is 0 Å². The minimum Gasteiger partial charge on any atom is -0.497 e. The predicted molar refractivity (Wildman–Crippen MR) is 84.0 cm³/mol. The Hall–Kier alpha value is -1.86. The Bertz CT molecular complexity index is 782. The van der Waals surface area contributed by atoms with Crippen LogP contribution >= 0.6 is 0 Å². The molecule has 6 atom stereocenters. The third kappa shape index (κ3) is 1.24. The number of methoxy groups -OCH3 is 1. The summed E-state index contributed by atoms with van der Waals surface area (Å²) >= 11 is 0. The predicted octanol–water partition coefficient (Wildman–Crippen LogP) is 2.73. The van der Waals surface area contributed by atoms with E-state index in [-0.39, 0.29) is 28.7 Å². The molecule has 4 aliphatic heterocycles.